The largest absolute Gasteiger partial charge is 0.325 e. The number of hydrogen-bond donors (Lipinski definition) is 1. The van der Waals surface area contributed by atoms with Crippen molar-refractivity contribution in [2.75, 3.05) is 0 Å². The van der Waals surface area contributed by atoms with Gasteiger partial charge in [0.15, 0.2) is 0 Å². The van der Waals surface area contributed by atoms with Gasteiger partial charge < -0.3 is 5.73 Å². The van der Waals surface area contributed by atoms with Crippen LogP contribution in [0.15, 0.2) is 0 Å². The second-order valence-corrected chi connectivity index (χ2v) is 8.42. The summed E-state index contributed by atoms with van der Waals surface area (Å²) in [6.07, 6.45) is 15.2. The summed E-state index contributed by atoms with van der Waals surface area (Å²) in [5.74, 6) is 1.69. The molecule has 0 aliphatic heterocycles. The lowest BCUT2D eigenvalue weighted by atomic mass is 9.73. The van der Waals surface area contributed by atoms with Crippen molar-refractivity contribution in [2.24, 2.45) is 23.0 Å². The van der Waals surface area contributed by atoms with Crippen molar-refractivity contribution in [3.8, 4) is 0 Å². The van der Waals surface area contributed by atoms with Gasteiger partial charge in [-0.05, 0) is 55.8 Å². The normalized spacial score (nSPS) is 35.7. The predicted octanol–water partition coefficient (Wildman–Crippen LogP) is 5.28. The van der Waals surface area contributed by atoms with Crippen molar-refractivity contribution >= 4 is 0 Å². The van der Waals surface area contributed by atoms with Gasteiger partial charge in [-0.2, -0.15) is 0 Å². The van der Waals surface area contributed by atoms with E-state index in [1.165, 1.54) is 70.6 Å². The van der Waals surface area contributed by atoms with Crippen LogP contribution in [0.25, 0.3) is 0 Å². The van der Waals surface area contributed by atoms with Gasteiger partial charge in [-0.3, -0.25) is 0 Å². The highest BCUT2D eigenvalue weighted by molar-refractivity contribution is 4.95. The van der Waals surface area contributed by atoms with E-state index in [9.17, 15) is 0 Å². The molecule has 0 saturated heterocycles. The summed E-state index contributed by atoms with van der Waals surface area (Å²) < 4.78 is 0. The van der Waals surface area contributed by atoms with Crippen LogP contribution in [0, 0.1) is 17.3 Å². The third-order valence-corrected chi connectivity index (χ3v) is 6.05. The van der Waals surface area contributed by atoms with Gasteiger partial charge in [0.2, 0.25) is 0 Å². The summed E-state index contributed by atoms with van der Waals surface area (Å²) in [5.41, 5.74) is 7.55. The maximum Gasteiger partial charge on any atom is 0.0183 e. The Bertz CT molecular complexity index is 270. The van der Waals surface area contributed by atoms with Crippen LogP contribution in [0.3, 0.4) is 0 Å². The topological polar surface area (TPSA) is 26.0 Å². The third-order valence-electron chi connectivity index (χ3n) is 6.05. The fourth-order valence-corrected chi connectivity index (χ4v) is 4.52. The molecule has 2 aliphatic rings. The molecule has 2 N–H and O–H groups in total. The summed E-state index contributed by atoms with van der Waals surface area (Å²) in [5, 5.41) is 0. The van der Waals surface area contributed by atoms with Gasteiger partial charge in [0.25, 0.3) is 0 Å². The first-order chi connectivity index (χ1) is 8.92. The van der Waals surface area contributed by atoms with Crippen LogP contribution in [0.4, 0.5) is 0 Å². The Hall–Kier alpha value is -0.0400. The van der Waals surface area contributed by atoms with E-state index in [0.29, 0.717) is 5.41 Å². The molecular formula is C18H35N. The quantitative estimate of drug-likeness (QED) is 0.641. The molecule has 0 aromatic heterocycles. The smallest absolute Gasteiger partial charge is 0.0183 e. The van der Waals surface area contributed by atoms with E-state index in [1.54, 1.807) is 0 Å². The van der Waals surface area contributed by atoms with Crippen molar-refractivity contribution in [3.63, 3.8) is 0 Å². The second-order valence-electron chi connectivity index (χ2n) is 8.42. The standard InChI is InChI=1S/C18H35N/c1-17(2,3)15-11-8-13-18(19,14-12-15)16-9-6-4-5-7-10-16/h15-16H,4-14,19H2,1-3H3. The Morgan fingerprint density at radius 3 is 2.00 bits per heavy atom. The Labute approximate surface area is 120 Å². The summed E-state index contributed by atoms with van der Waals surface area (Å²) in [7, 11) is 0. The Morgan fingerprint density at radius 1 is 0.789 bits per heavy atom. The van der Waals surface area contributed by atoms with Gasteiger partial charge in [0, 0.05) is 5.54 Å². The van der Waals surface area contributed by atoms with E-state index in [2.05, 4.69) is 20.8 Å². The van der Waals surface area contributed by atoms with Crippen molar-refractivity contribution < 1.29 is 0 Å². The van der Waals surface area contributed by atoms with E-state index >= 15 is 0 Å². The minimum Gasteiger partial charge on any atom is -0.325 e. The highest BCUT2D eigenvalue weighted by Gasteiger charge is 2.38. The first-order valence-electron chi connectivity index (χ1n) is 8.71. The average Bonchev–Trinajstić information content (AvgIpc) is 2.69. The zero-order chi connectivity index (χ0) is 13.9. The highest BCUT2D eigenvalue weighted by Crippen LogP contribution is 2.43. The average molecular weight is 265 g/mol. The lowest BCUT2D eigenvalue weighted by Gasteiger charge is -2.37. The van der Waals surface area contributed by atoms with Crippen LogP contribution < -0.4 is 5.73 Å². The first-order valence-corrected chi connectivity index (χ1v) is 8.71. The molecular weight excluding hydrogens is 230 g/mol. The lowest BCUT2D eigenvalue weighted by Crippen LogP contribution is -2.46. The molecule has 0 aromatic carbocycles. The van der Waals surface area contributed by atoms with E-state index < -0.39 is 0 Å². The molecule has 112 valence electrons. The lowest BCUT2D eigenvalue weighted by molar-refractivity contribution is 0.189. The maximum atomic E-state index is 6.91. The van der Waals surface area contributed by atoms with Gasteiger partial charge in [-0.1, -0.05) is 52.9 Å². The fraction of sp³-hybridized carbons (Fsp3) is 1.00. The predicted molar refractivity (Wildman–Crippen MR) is 84.1 cm³/mol. The van der Waals surface area contributed by atoms with E-state index in [0.717, 1.165) is 11.8 Å². The van der Waals surface area contributed by atoms with Crippen LogP contribution in [0.5, 0.6) is 0 Å². The van der Waals surface area contributed by atoms with Gasteiger partial charge in [-0.25, -0.2) is 0 Å². The number of hydrogen-bond acceptors (Lipinski definition) is 1. The van der Waals surface area contributed by atoms with Crippen LogP contribution in [0.2, 0.25) is 0 Å². The van der Waals surface area contributed by atoms with Gasteiger partial charge in [0.05, 0.1) is 0 Å². The molecule has 2 fully saturated rings. The Morgan fingerprint density at radius 2 is 1.42 bits per heavy atom. The van der Waals surface area contributed by atoms with Crippen molar-refractivity contribution in [1.29, 1.82) is 0 Å². The summed E-state index contributed by atoms with van der Waals surface area (Å²) in [6, 6.07) is 0. The Balaban J connectivity index is 1.99. The molecule has 19 heavy (non-hydrogen) atoms. The molecule has 1 heteroatoms. The van der Waals surface area contributed by atoms with E-state index in [4.69, 9.17) is 5.73 Å². The molecule has 2 atom stereocenters. The molecule has 0 spiro atoms. The van der Waals surface area contributed by atoms with Crippen LogP contribution in [0.1, 0.15) is 91.4 Å². The first kappa shape index (κ1) is 15.4. The molecule has 1 nitrogen and oxygen atoms in total. The fourth-order valence-electron chi connectivity index (χ4n) is 4.52. The summed E-state index contributed by atoms with van der Waals surface area (Å²) in [6.45, 7) is 7.23. The SMILES string of the molecule is CC(C)(C)C1CCCC(N)(C2CCCCCC2)CC1. The van der Waals surface area contributed by atoms with Gasteiger partial charge >= 0.3 is 0 Å². The van der Waals surface area contributed by atoms with E-state index in [1.807, 2.05) is 0 Å². The van der Waals surface area contributed by atoms with Crippen LogP contribution in [-0.2, 0) is 0 Å². The minimum atomic E-state index is 0.171. The molecule has 2 rings (SSSR count). The third kappa shape index (κ3) is 3.97. The second kappa shape index (κ2) is 6.16. The monoisotopic (exact) mass is 265 g/mol. The summed E-state index contributed by atoms with van der Waals surface area (Å²) >= 11 is 0. The van der Waals surface area contributed by atoms with Crippen molar-refractivity contribution in [3.05, 3.63) is 0 Å². The van der Waals surface area contributed by atoms with Crippen molar-refractivity contribution in [1.82, 2.24) is 0 Å². The molecule has 2 unspecified atom stereocenters. The Kier molecular flexibility index (Phi) is 4.98. The number of nitrogens with two attached hydrogens (primary N) is 1. The van der Waals surface area contributed by atoms with E-state index in [-0.39, 0.29) is 5.54 Å². The number of rotatable bonds is 1. The molecule has 0 heterocycles. The van der Waals surface area contributed by atoms with Crippen LogP contribution >= 0.6 is 0 Å². The molecule has 0 amide bonds. The molecule has 0 bridgehead atoms. The maximum absolute atomic E-state index is 6.91. The zero-order valence-corrected chi connectivity index (χ0v) is 13.5. The van der Waals surface area contributed by atoms with Crippen LogP contribution in [-0.4, -0.2) is 5.54 Å². The highest BCUT2D eigenvalue weighted by atomic mass is 14.8. The minimum absolute atomic E-state index is 0.171. The summed E-state index contributed by atoms with van der Waals surface area (Å²) in [4.78, 5) is 0. The van der Waals surface area contributed by atoms with Crippen molar-refractivity contribution in [2.45, 2.75) is 96.9 Å². The molecule has 0 aromatic rings. The van der Waals surface area contributed by atoms with Gasteiger partial charge in [-0.15, -0.1) is 0 Å². The molecule has 2 saturated carbocycles. The van der Waals surface area contributed by atoms with Gasteiger partial charge in [0.1, 0.15) is 0 Å². The molecule has 2 aliphatic carbocycles. The molecule has 0 radical (unpaired) electrons. The zero-order valence-electron chi connectivity index (χ0n) is 13.5.